The van der Waals surface area contributed by atoms with Crippen molar-refractivity contribution in [1.82, 2.24) is 23.9 Å². The minimum atomic E-state index is -1.11. The van der Waals surface area contributed by atoms with E-state index in [1.54, 1.807) is 17.2 Å². The minimum Gasteiger partial charge on any atom is -0.494 e. The van der Waals surface area contributed by atoms with Crippen molar-refractivity contribution in [2.45, 2.75) is 67.0 Å². The van der Waals surface area contributed by atoms with Crippen molar-refractivity contribution in [3.05, 3.63) is 127 Å². The number of amides is 1. The molecule has 292 valence electrons. The van der Waals surface area contributed by atoms with E-state index in [1.807, 2.05) is 106 Å². The molecule has 8 rings (SSSR count). The molecule has 0 aliphatic carbocycles. The Labute approximate surface area is 341 Å². The number of carbonyl (C=O) groups is 2. The van der Waals surface area contributed by atoms with Gasteiger partial charge in [-0.15, -0.1) is 0 Å². The molecule has 0 spiro atoms. The highest BCUT2D eigenvalue weighted by molar-refractivity contribution is 6.35. The fraction of sp³-hybridized carbons (Fsp3) is 0.289. The number of hydrogen-bond acceptors (Lipinski definition) is 5. The summed E-state index contributed by atoms with van der Waals surface area (Å²) in [6.07, 6.45) is 2.92. The first kappa shape index (κ1) is 38.3. The van der Waals surface area contributed by atoms with Crippen molar-refractivity contribution >= 4 is 62.7 Å². The molecule has 0 saturated carbocycles. The molecule has 5 heterocycles. The van der Waals surface area contributed by atoms with E-state index in [-0.39, 0.29) is 30.6 Å². The molecule has 1 aliphatic rings. The number of pyridine rings is 1. The Hall–Kier alpha value is -5.58. The summed E-state index contributed by atoms with van der Waals surface area (Å²) < 4.78 is 12.1. The van der Waals surface area contributed by atoms with Gasteiger partial charge in [0.15, 0.2) is 0 Å². The lowest BCUT2D eigenvalue weighted by atomic mass is 9.98. The predicted molar refractivity (Wildman–Crippen MR) is 227 cm³/mol. The number of aromatic nitrogens is 5. The van der Waals surface area contributed by atoms with Gasteiger partial charge in [-0.3, -0.25) is 19.4 Å². The van der Waals surface area contributed by atoms with E-state index < -0.39 is 5.97 Å². The number of para-hydroxylation sites is 1. The highest BCUT2D eigenvalue weighted by Crippen LogP contribution is 2.46. The first-order valence-electron chi connectivity index (χ1n) is 19.1. The van der Waals surface area contributed by atoms with E-state index in [1.165, 1.54) is 0 Å². The lowest BCUT2D eigenvalue weighted by molar-refractivity contribution is 0.0699. The van der Waals surface area contributed by atoms with Crippen molar-refractivity contribution in [3.63, 3.8) is 0 Å². The maximum absolute atomic E-state index is 15.5. The van der Waals surface area contributed by atoms with Gasteiger partial charge in [-0.05, 0) is 107 Å². The van der Waals surface area contributed by atoms with Gasteiger partial charge in [0.05, 0.1) is 40.6 Å². The number of carboxylic acid groups (broad SMARTS) is 1. The number of aryl methyl sites for hydroxylation is 6. The van der Waals surface area contributed by atoms with E-state index in [0.29, 0.717) is 46.9 Å². The lowest BCUT2D eigenvalue weighted by Crippen LogP contribution is -2.44. The van der Waals surface area contributed by atoms with Crippen LogP contribution in [0, 0.1) is 34.6 Å². The predicted octanol–water partition coefficient (Wildman–Crippen LogP) is 10.2. The molecular weight excluding hydrogens is 759 g/mol. The van der Waals surface area contributed by atoms with Gasteiger partial charge >= 0.3 is 5.97 Å². The molecule has 3 aromatic carbocycles. The van der Waals surface area contributed by atoms with Gasteiger partial charge in [0, 0.05) is 58.4 Å². The van der Waals surface area contributed by atoms with Gasteiger partial charge in [-0.25, -0.2) is 4.79 Å². The Kier molecular flexibility index (Phi) is 9.90. The number of rotatable bonds is 10. The molecule has 0 fully saturated rings. The standard InChI is InChI=1S/C45H44Cl2N6O4/c1-24-14-15-30(48-21-24)23-51-36-13-9-8-11-34(36)38(45(55)56)43(51)52-22-27(4)53-41-33(16-17-35(46)39(41)37-28(5)49-50(7)29(37)6)32(42(53)44(52)54)12-10-18-57-31-19-25(2)40(47)26(3)20-31/h8-9,11,13-17,19-21,27H,10,12,18,22-23H2,1-7H3,(H,55,56)/t27-/m1/s1. The number of fused-ring (bicyclic) bond motifs is 4. The van der Waals surface area contributed by atoms with Gasteiger partial charge in [-0.2, -0.15) is 5.10 Å². The van der Waals surface area contributed by atoms with E-state index in [2.05, 4.69) is 16.5 Å². The van der Waals surface area contributed by atoms with Crippen molar-refractivity contribution in [3.8, 4) is 16.9 Å². The molecule has 10 nitrogen and oxygen atoms in total. The molecular formula is C45H44Cl2N6O4. The summed E-state index contributed by atoms with van der Waals surface area (Å²) >= 11 is 13.6. The van der Waals surface area contributed by atoms with Crippen LogP contribution in [0.25, 0.3) is 32.9 Å². The van der Waals surface area contributed by atoms with Crippen LogP contribution in [0.2, 0.25) is 10.0 Å². The fourth-order valence-electron chi connectivity index (χ4n) is 8.61. The number of halogens is 2. The molecule has 4 aromatic heterocycles. The molecule has 0 radical (unpaired) electrons. The molecule has 0 unspecified atom stereocenters. The van der Waals surface area contributed by atoms with Crippen LogP contribution in [0.1, 0.15) is 79.6 Å². The van der Waals surface area contributed by atoms with Crippen molar-refractivity contribution in [1.29, 1.82) is 0 Å². The third-order valence-corrected chi connectivity index (χ3v) is 12.2. The van der Waals surface area contributed by atoms with Gasteiger partial charge in [0.1, 0.15) is 22.8 Å². The molecule has 1 amide bonds. The number of aromatic carboxylic acids is 1. The van der Waals surface area contributed by atoms with E-state index in [0.717, 1.165) is 72.1 Å². The number of hydrogen-bond donors (Lipinski definition) is 1. The van der Waals surface area contributed by atoms with Crippen molar-refractivity contribution in [2.24, 2.45) is 7.05 Å². The summed E-state index contributed by atoms with van der Waals surface area (Å²) in [5.41, 5.74) is 10.2. The van der Waals surface area contributed by atoms with E-state index >= 15 is 4.79 Å². The zero-order valence-corrected chi connectivity index (χ0v) is 34.6. The zero-order chi connectivity index (χ0) is 40.4. The Morgan fingerprint density at radius 3 is 2.37 bits per heavy atom. The molecule has 1 atom stereocenters. The second-order valence-electron chi connectivity index (χ2n) is 15.2. The third-order valence-electron chi connectivity index (χ3n) is 11.3. The summed E-state index contributed by atoms with van der Waals surface area (Å²) in [6.45, 7) is 12.9. The first-order valence-corrected chi connectivity index (χ1v) is 19.9. The van der Waals surface area contributed by atoms with Gasteiger partial charge in [0.25, 0.3) is 5.91 Å². The largest absolute Gasteiger partial charge is 0.494 e. The molecule has 57 heavy (non-hydrogen) atoms. The Bertz CT molecular complexity index is 2740. The van der Waals surface area contributed by atoms with Crippen LogP contribution < -0.4 is 9.64 Å². The highest BCUT2D eigenvalue weighted by atomic mass is 35.5. The highest BCUT2D eigenvalue weighted by Gasteiger charge is 2.40. The van der Waals surface area contributed by atoms with Gasteiger partial charge < -0.3 is 19.0 Å². The average Bonchev–Trinajstić information content (AvgIpc) is 3.77. The van der Waals surface area contributed by atoms with Crippen LogP contribution in [0.3, 0.4) is 0 Å². The molecule has 12 heteroatoms. The normalized spacial score (nSPS) is 14.2. The summed E-state index contributed by atoms with van der Waals surface area (Å²) in [6, 6.07) is 18.8. The van der Waals surface area contributed by atoms with E-state index in [9.17, 15) is 9.90 Å². The minimum absolute atomic E-state index is 0.0802. The maximum Gasteiger partial charge on any atom is 0.340 e. The van der Waals surface area contributed by atoms with Crippen LogP contribution >= 0.6 is 23.2 Å². The first-order chi connectivity index (χ1) is 27.3. The fourth-order valence-corrected chi connectivity index (χ4v) is 8.96. The number of benzene rings is 3. The van der Waals surface area contributed by atoms with Crippen LogP contribution in [-0.2, 0) is 20.0 Å². The molecule has 0 saturated heterocycles. The number of nitrogens with zero attached hydrogens (tertiary/aromatic N) is 6. The van der Waals surface area contributed by atoms with Crippen LogP contribution in [-0.4, -0.2) is 54.0 Å². The Morgan fingerprint density at radius 2 is 1.70 bits per heavy atom. The third kappa shape index (κ3) is 6.45. The summed E-state index contributed by atoms with van der Waals surface area (Å²) in [5, 5.41) is 18.3. The average molecular weight is 804 g/mol. The molecule has 1 aliphatic heterocycles. The van der Waals surface area contributed by atoms with Crippen LogP contribution in [0.15, 0.2) is 66.9 Å². The number of anilines is 1. The lowest BCUT2D eigenvalue weighted by Gasteiger charge is -2.35. The molecule has 1 N–H and O–H groups in total. The summed E-state index contributed by atoms with van der Waals surface area (Å²) in [7, 11) is 1.91. The van der Waals surface area contributed by atoms with Crippen LogP contribution in [0.5, 0.6) is 5.75 Å². The topological polar surface area (TPSA) is 107 Å². The SMILES string of the molecule is Cc1ccc(Cn2c(N3C[C@@H](C)n4c(c(CCCOc5cc(C)c(Cl)c(C)c5)c5ccc(Cl)c(-c6c(C)nn(C)c6C)c54)C3=O)c(C(=O)O)c3ccccc32)nc1. The van der Waals surface area contributed by atoms with Gasteiger partial charge in [-0.1, -0.05) is 53.5 Å². The number of ether oxygens (including phenoxy) is 1. The monoisotopic (exact) mass is 802 g/mol. The molecule has 7 aromatic rings. The second kappa shape index (κ2) is 14.7. The van der Waals surface area contributed by atoms with Crippen LogP contribution in [0.4, 0.5) is 5.82 Å². The zero-order valence-electron chi connectivity index (χ0n) is 33.1. The Balaban J connectivity index is 1.31. The van der Waals surface area contributed by atoms with E-state index in [4.69, 9.17) is 33.0 Å². The maximum atomic E-state index is 15.5. The number of carboxylic acids is 1. The number of carbonyl (C=O) groups excluding carboxylic acids is 1. The molecule has 0 bridgehead atoms. The smallest absolute Gasteiger partial charge is 0.340 e. The summed E-state index contributed by atoms with van der Waals surface area (Å²) in [5.74, 6) is -0.318. The Morgan fingerprint density at radius 1 is 0.965 bits per heavy atom. The van der Waals surface area contributed by atoms with Gasteiger partial charge in [0.2, 0.25) is 0 Å². The van der Waals surface area contributed by atoms with Crippen molar-refractivity contribution < 1.29 is 19.4 Å². The van der Waals surface area contributed by atoms with Crippen molar-refractivity contribution in [2.75, 3.05) is 18.1 Å². The quantitative estimate of drug-likeness (QED) is 0.138. The second-order valence-corrected chi connectivity index (χ2v) is 16.0. The summed E-state index contributed by atoms with van der Waals surface area (Å²) in [4.78, 5) is 35.1.